The third kappa shape index (κ3) is 5.21. The number of anilines is 1. The molecule has 26 heavy (non-hydrogen) atoms. The van der Waals surface area contributed by atoms with Crippen LogP contribution >= 0.6 is 23.2 Å². The number of carbonyl (C=O) groups is 3. The number of amides is 1. The van der Waals surface area contributed by atoms with Crippen molar-refractivity contribution in [1.29, 1.82) is 0 Å². The summed E-state index contributed by atoms with van der Waals surface area (Å²) in [5.41, 5.74) is 0.807. The smallest absolute Gasteiger partial charge is 0.341 e. The maximum Gasteiger partial charge on any atom is 0.341 e. The first-order valence-corrected chi connectivity index (χ1v) is 8.36. The van der Waals surface area contributed by atoms with E-state index in [1.165, 1.54) is 36.4 Å². The second-order valence-electron chi connectivity index (χ2n) is 5.02. The molecule has 1 amide bonds. The van der Waals surface area contributed by atoms with Crippen LogP contribution in [0.1, 0.15) is 27.6 Å². The van der Waals surface area contributed by atoms with E-state index >= 15 is 0 Å². The normalized spacial score (nSPS) is 10.1. The lowest BCUT2D eigenvalue weighted by atomic mass is 10.2. The summed E-state index contributed by atoms with van der Waals surface area (Å²) in [6, 6.07) is 10.7. The Morgan fingerprint density at radius 2 is 1.54 bits per heavy atom. The van der Waals surface area contributed by atoms with Gasteiger partial charge in [0, 0.05) is 5.69 Å². The molecule has 2 rings (SSSR count). The Kier molecular flexibility index (Phi) is 7.00. The fourth-order valence-electron chi connectivity index (χ4n) is 2.00. The number of esters is 2. The lowest BCUT2D eigenvalue weighted by Gasteiger charge is -2.09. The van der Waals surface area contributed by atoms with Gasteiger partial charge in [0.05, 0.1) is 27.8 Å². The molecule has 136 valence electrons. The van der Waals surface area contributed by atoms with Crippen LogP contribution in [0.5, 0.6) is 0 Å². The molecule has 6 nitrogen and oxygen atoms in total. The summed E-state index contributed by atoms with van der Waals surface area (Å²) < 4.78 is 9.79. The number of benzene rings is 2. The Morgan fingerprint density at radius 1 is 0.923 bits per heavy atom. The summed E-state index contributed by atoms with van der Waals surface area (Å²) in [6.45, 7) is 1.47. The molecule has 2 aromatic carbocycles. The summed E-state index contributed by atoms with van der Waals surface area (Å²) >= 11 is 11.8. The van der Waals surface area contributed by atoms with Crippen molar-refractivity contribution in [1.82, 2.24) is 0 Å². The zero-order chi connectivity index (χ0) is 19.1. The maximum atomic E-state index is 12.0. The van der Waals surface area contributed by atoms with E-state index in [1.54, 1.807) is 13.0 Å². The van der Waals surface area contributed by atoms with Crippen molar-refractivity contribution in [2.75, 3.05) is 18.5 Å². The van der Waals surface area contributed by atoms with Crippen LogP contribution in [0.15, 0.2) is 42.5 Å². The van der Waals surface area contributed by atoms with Crippen molar-refractivity contribution in [2.45, 2.75) is 6.92 Å². The highest BCUT2D eigenvalue weighted by atomic mass is 35.5. The number of nitrogens with one attached hydrogen (secondary N) is 1. The molecule has 1 N–H and O–H groups in total. The lowest BCUT2D eigenvalue weighted by Crippen LogP contribution is -2.21. The molecule has 0 aliphatic heterocycles. The summed E-state index contributed by atoms with van der Waals surface area (Å²) in [5, 5.41) is 2.81. The molecule has 0 saturated carbocycles. The molecule has 2 aromatic rings. The van der Waals surface area contributed by atoms with Crippen LogP contribution in [0.2, 0.25) is 10.0 Å². The highest BCUT2D eigenvalue weighted by molar-refractivity contribution is 6.39. The molecule has 0 heterocycles. The standard InChI is InChI=1S/C18H15Cl2NO5/c1-2-25-17(23)11-6-8-12(9-7-11)21-15(22)10-26-18(24)16-13(19)4-3-5-14(16)20/h3-9H,2,10H2,1H3,(H,21,22). The predicted molar refractivity (Wildman–Crippen MR) is 97.8 cm³/mol. The second kappa shape index (κ2) is 9.22. The second-order valence-corrected chi connectivity index (χ2v) is 5.83. The molecule has 0 saturated heterocycles. The van der Waals surface area contributed by atoms with Crippen LogP contribution in [0, 0.1) is 0 Å². The Balaban J connectivity index is 1.91. The van der Waals surface area contributed by atoms with Gasteiger partial charge in [-0.2, -0.15) is 0 Å². The van der Waals surface area contributed by atoms with Crippen molar-refractivity contribution < 1.29 is 23.9 Å². The van der Waals surface area contributed by atoms with Crippen molar-refractivity contribution in [3.8, 4) is 0 Å². The minimum absolute atomic E-state index is 0.00224. The Hall–Kier alpha value is -2.57. The highest BCUT2D eigenvalue weighted by Crippen LogP contribution is 2.24. The van der Waals surface area contributed by atoms with Crippen LogP contribution < -0.4 is 5.32 Å². The third-order valence-electron chi connectivity index (χ3n) is 3.18. The molecule has 0 unspecified atom stereocenters. The molecule has 0 atom stereocenters. The number of hydrogen-bond acceptors (Lipinski definition) is 5. The average molecular weight is 396 g/mol. The van der Waals surface area contributed by atoms with Crippen LogP contribution in [0.25, 0.3) is 0 Å². The zero-order valence-electron chi connectivity index (χ0n) is 13.8. The van der Waals surface area contributed by atoms with E-state index in [0.29, 0.717) is 11.3 Å². The predicted octanol–water partition coefficient (Wildman–Crippen LogP) is 3.97. The Labute approximate surface area is 160 Å². The number of carbonyl (C=O) groups excluding carboxylic acids is 3. The fourth-order valence-corrected chi connectivity index (χ4v) is 2.55. The SMILES string of the molecule is CCOC(=O)c1ccc(NC(=O)COC(=O)c2c(Cl)cccc2Cl)cc1. The summed E-state index contributed by atoms with van der Waals surface area (Å²) in [6.07, 6.45) is 0. The topological polar surface area (TPSA) is 81.7 Å². The minimum Gasteiger partial charge on any atom is -0.462 e. The highest BCUT2D eigenvalue weighted by Gasteiger charge is 2.17. The van der Waals surface area contributed by atoms with Crippen LogP contribution in [-0.4, -0.2) is 31.1 Å². The van der Waals surface area contributed by atoms with Gasteiger partial charge in [0.2, 0.25) is 0 Å². The molecule has 0 fully saturated rings. The Morgan fingerprint density at radius 3 is 2.12 bits per heavy atom. The van der Waals surface area contributed by atoms with Gasteiger partial charge in [-0.1, -0.05) is 29.3 Å². The van der Waals surface area contributed by atoms with Gasteiger partial charge in [-0.25, -0.2) is 9.59 Å². The third-order valence-corrected chi connectivity index (χ3v) is 3.81. The summed E-state index contributed by atoms with van der Waals surface area (Å²) in [7, 11) is 0. The first kappa shape index (κ1) is 19.8. The van der Waals surface area contributed by atoms with Crippen LogP contribution in [-0.2, 0) is 14.3 Å². The van der Waals surface area contributed by atoms with E-state index in [4.69, 9.17) is 32.7 Å². The van der Waals surface area contributed by atoms with Gasteiger partial charge in [-0.3, -0.25) is 4.79 Å². The largest absolute Gasteiger partial charge is 0.462 e. The first-order valence-electron chi connectivity index (χ1n) is 7.60. The lowest BCUT2D eigenvalue weighted by molar-refractivity contribution is -0.119. The minimum atomic E-state index is -0.798. The van der Waals surface area contributed by atoms with Gasteiger partial charge >= 0.3 is 11.9 Å². The molecule has 0 radical (unpaired) electrons. The van der Waals surface area contributed by atoms with E-state index in [9.17, 15) is 14.4 Å². The molecular formula is C18H15Cl2NO5. The van der Waals surface area contributed by atoms with Crippen molar-refractivity contribution >= 4 is 46.7 Å². The van der Waals surface area contributed by atoms with E-state index < -0.39 is 24.5 Å². The fraction of sp³-hybridized carbons (Fsp3) is 0.167. The van der Waals surface area contributed by atoms with Crippen molar-refractivity contribution in [2.24, 2.45) is 0 Å². The molecule has 0 aliphatic carbocycles. The quantitative estimate of drug-likeness (QED) is 0.748. The number of rotatable bonds is 6. The zero-order valence-corrected chi connectivity index (χ0v) is 15.3. The first-order chi connectivity index (χ1) is 12.4. The summed E-state index contributed by atoms with van der Waals surface area (Å²) in [4.78, 5) is 35.5. The average Bonchev–Trinajstić information content (AvgIpc) is 2.60. The number of halogens is 2. The molecule has 8 heteroatoms. The number of ether oxygens (including phenoxy) is 2. The van der Waals surface area contributed by atoms with Gasteiger partial charge in [-0.15, -0.1) is 0 Å². The van der Waals surface area contributed by atoms with Gasteiger partial charge < -0.3 is 14.8 Å². The number of hydrogen-bond donors (Lipinski definition) is 1. The molecule has 0 spiro atoms. The van der Waals surface area contributed by atoms with Crippen molar-refractivity contribution in [3.05, 3.63) is 63.6 Å². The van der Waals surface area contributed by atoms with E-state index in [2.05, 4.69) is 5.32 Å². The molecule has 0 bridgehead atoms. The molecule has 0 aromatic heterocycles. The summed E-state index contributed by atoms with van der Waals surface area (Å²) in [5.74, 6) is -1.80. The monoisotopic (exact) mass is 395 g/mol. The maximum absolute atomic E-state index is 12.0. The van der Waals surface area contributed by atoms with Crippen LogP contribution in [0.4, 0.5) is 5.69 Å². The van der Waals surface area contributed by atoms with Gasteiger partial charge in [-0.05, 0) is 43.3 Å². The van der Waals surface area contributed by atoms with E-state index in [-0.39, 0.29) is 22.2 Å². The molecule has 0 aliphatic rings. The molecular weight excluding hydrogens is 381 g/mol. The van der Waals surface area contributed by atoms with Crippen LogP contribution in [0.3, 0.4) is 0 Å². The van der Waals surface area contributed by atoms with Gasteiger partial charge in [0.1, 0.15) is 0 Å². The van der Waals surface area contributed by atoms with Gasteiger partial charge in [0.15, 0.2) is 6.61 Å². The Bertz CT molecular complexity index is 801. The van der Waals surface area contributed by atoms with Crippen molar-refractivity contribution in [3.63, 3.8) is 0 Å². The van der Waals surface area contributed by atoms with E-state index in [1.807, 2.05) is 0 Å². The van der Waals surface area contributed by atoms with E-state index in [0.717, 1.165) is 0 Å². The van der Waals surface area contributed by atoms with Gasteiger partial charge in [0.25, 0.3) is 5.91 Å².